The molecule has 2 heterocycles. The minimum Gasteiger partial charge on any atom is -0.469 e. The van der Waals surface area contributed by atoms with Crippen LogP contribution in [-0.2, 0) is 9.53 Å². The number of ether oxygens (including phenoxy) is 1. The monoisotopic (exact) mass is 327 g/mol. The van der Waals surface area contributed by atoms with Crippen molar-refractivity contribution in [3.8, 4) is 0 Å². The van der Waals surface area contributed by atoms with Crippen LogP contribution in [0, 0.1) is 0 Å². The Balaban J connectivity index is 1.68. The number of rotatable bonds is 5. The van der Waals surface area contributed by atoms with Crippen LogP contribution in [0.1, 0.15) is 50.4 Å². The summed E-state index contributed by atoms with van der Waals surface area (Å²) in [7, 11) is 0. The van der Waals surface area contributed by atoms with Gasteiger partial charge in [-0.3, -0.25) is 4.79 Å². The minimum atomic E-state index is -0.171. The molecule has 24 heavy (non-hydrogen) atoms. The van der Waals surface area contributed by atoms with Crippen molar-refractivity contribution >= 4 is 5.91 Å². The third-order valence-electron chi connectivity index (χ3n) is 4.54. The summed E-state index contributed by atoms with van der Waals surface area (Å²) in [6.45, 7) is 4.83. The molecule has 4 heteroatoms. The Hall–Kier alpha value is -2.07. The first-order valence-corrected chi connectivity index (χ1v) is 8.55. The van der Waals surface area contributed by atoms with Crippen LogP contribution in [0.3, 0.4) is 0 Å². The van der Waals surface area contributed by atoms with Crippen molar-refractivity contribution in [3.63, 3.8) is 0 Å². The zero-order chi connectivity index (χ0) is 17.0. The Morgan fingerprint density at radius 1 is 1.25 bits per heavy atom. The Morgan fingerprint density at radius 2 is 2.04 bits per heavy atom. The minimum absolute atomic E-state index is 0.0583. The first-order chi connectivity index (χ1) is 11.5. The fourth-order valence-electron chi connectivity index (χ4n) is 3.38. The Kier molecular flexibility index (Phi) is 5.05. The predicted molar refractivity (Wildman–Crippen MR) is 92.8 cm³/mol. The van der Waals surface area contributed by atoms with E-state index in [9.17, 15) is 4.79 Å². The van der Waals surface area contributed by atoms with E-state index < -0.39 is 0 Å². The molecule has 1 fully saturated rings. The molecule has 0 aliphatic carbocycles. The molecule has 0 bridgehead atoms. The molecule has 1 saturated heterocycles. The molecule has 1 aromatic carbocycles. The quantitative estimate of drug-likeness (QED) is 0.907. The van der Waals surface area contributed by atoms with Gasteiger partial charge in [0, 0.05) is 19.1 Å². The first-order valence-electron chi connectivity index (χ1n) is 8.55. The number of carbonyl (C=O) groups is 1. The summed E-state index contributed by atoms with van der Waals surface area (Å²) >= 11 is 0. The van der Waals surface area contributed by atoms with Crippen molar-refractivity contribution in [2.45, 2.75) is 50.7 Å². The van der Waals surface area contributed by atoms with Gasteiger partial charge in [-0.1, -0.05) is 30.3 Å². The van der Waals surface area contributed by atoms with Gasteiger partial charge in [0.2, 0.25) is 5.91 Å². The Morgan fingerprint density at radius 3 is 2.71 bits per heavy atom. The van der Waals surface area contributed by atoms with E-state index in [0.29, 0.717) is 13.0 Å². The third kappa shape index (κ3) is 4.26. The summed E-state index contributed by atoms with van der Waals surface area (Å²) in [6, 6.07) is 14.0. The number of hydrogen-bond acceptors (Lipinski definition) is 3. The van der Waals surface area contributed by atoms with Crippen molar-refractivity contribution in [1.29, 1.82) is 0 Å². The SMILES string of the molecule is CC1(C)C[C@@H](NC(=O)C[C@H](c2ccccc2)c2ccco2)CCO1. The topological polar surface area (TPSA) is 51.5 Å². The van der Waals surface area contributed by atoms with Gasteiger partial charge in [-0.05, 0) is 44.4 Å². The standard InChI is InChI=1S/C20H25NO3/c1-20(2)14-16(10-12-24-20)21-19(22)13-17(18-9-6-11-23-18)15-7-4-3-5-8-15/h3-9,11,16-17H,10,12-14H2,1-2H3,(H,21,22)/t16-,17+/m0/s1. The molecule has 128 valence electrons. The zero-order valence-corrected chi connectivity index (χ0v) is 14.3. The van der Waals surface area contributed by atoms with Crippen LogP contribution in [0.5, 0.6) is 0 Å². The fraction of sp³-hybridized carbons (Fsp3) is 0.450. The van der Waals surface area contributed by atoms with Gasteiger partial charge in [-0.25, -0.2) is 0 Å². The molecular weight excluding hydrogens is 302 g/mol. The summed E-state index contributed by atoms with van der Waals surface area (Å²) in [6.07, 6.45) is 3.75. The molecule has 3 rings (SSSR count). The highest BCUT2D eigenvalue weighted by Gasteiger charge is 2.30. The van der Waals surface area contributed by atoms with Crippen LogP contribution in [0.15, 0.2) is 53.1 Å². The average Bonchev–Trinajstić information content (AvgIpc) is 3.06. The summed E-state index contributed by atoms with van der Waals surface area (Å²) in [4.78, 5) is 12.6. The summed E-state index contributed by atoms with van der Waals surface area (Å²) in [5.74, 6) is 0.820. The highest BCUT2D eigenvalue weighted by Crippen LogP contribution is 2.29. The summed E-state index contributed by atoms with van der Waals surface area (Å²) < 4.78 is 11.3. The second-order valence-electron chi connectivity index (χ2n) is 7.05. The van der Waals surface area contributed by atoms with E-state index in [1.807, 2.05) is 42.5 Å². The lowest BCUT2D eigenvalue weighted by Crippen LogP contribution is -2.46. The molecule has 1 aliphatic rings. The van der Waals surface area contributed by atoms with Crippen LogP contribution in [0.4, 0.5) is 0 Å². The molecule has 2 aromatic rings. The number of carbonyl (C=O) groups excluding carboxylic acids is 1. The van der Waals surface area contributed by atoms with Crippen LogP contribution in [0.2, 0.25) is 0 Å². The maximum absolute atomic E-state index is 12.6. The lowest BCUT2D eigenvalue weighted by atomic mass is 9.91. The van der Waals surface area contributed by atoms with E-state index in [2.05, 4.69) is 19.2 Å². The van der Waals surface area contributed by atoms with E-state index in [1.165, 1.54) is 0 Å². The molecular formula is C20H25NO3. The third-order valence-corrected chi connectivity index (χ3v) is 4.54. The van der Waals surface area contributed by atoms with Crippen molar-refractivity contribution < 1.29 is 13.9 Å². The number of furan rings is 1. The smallest absolute Gasteiger partial charge is 0.221 e. The zero-order valence-electron chi connectivity index (χ0n) is 14.3. The van der Waals surface area contributed by atoms with Gasteiger partial charge in [-0.15, -0.1) is 0 Å². The van der Waals surface area contributed by atoms with Gasteiger partial charge >= 0.3 is 0 Å². The van der Waals surface area contributed by atoms with E-state index in [-0.39, 0.29) is 23.5 Å². The molecule has 0 unspecified atom stereocenters. The van der Waals surface area contributed by atoms with Crippen LogP contribution >= 0.6 is 0 Å². The second-order valence-corrected chi connectivity index (χ2v) is 7.05. The number of amides is 1. The molecule has 0 spiro atoms. The molecule has 4 nitrogen and oxygen atoms in total. The van der Waals surface area contributed by atoms with Gasteiger partial charge < -0.3 is 14.5 Å². The van der Waals surface area contributed by atoms with Gasteiger partial charge in [-0.2, -0.15) is 0 Å². The summed E-state index contributed by atoms with van der Waals surface area (Å²) in [5, 5.41) is 3.18. The van der Waals surface area contributed by atoms with E-state index >= 15 is 0 Å². The van der Waals surface area contributed by atoms with Crippen molar-refractivity contribution in [1.82, 2.24) is 5.32 Å². The Bertz CT molecular complexity index is 649. The number of hydrogen-bond donors (Lipinski definition) is 1. The van der Waals surface area contributed by atoms with E-state index in [1.54, 1.807) is 6.26 Å². The lowest BCUT2D eigenvalue weighted by molar-refractivity contribution is -0.124. The molecule has 1 amide bonds. The first kappa shape index (κ1) is 16.8. The van der Waals surface area contributed by atoms with Crippen LogP contribution in [0.25, 0.3) is 0 Å². The molecule has 0 radical (unpaired) electrons. The van der Waals surface area contributed by atoms with Crippen LogP contribution in [-0.4, -0.2) is 24.2 Å². The van der Waals surface area contributed by atoms with Crippen molar-refractivity contribution in [2.75, 3.05) is 6.61 Å². The molecule has 1 N–H and O–H groups in total. The van der Waals surface area contributed by atoms with E-state index in [4.69, 9.17) is 9.15 Å². The fourth-order valence-corrected chi connectivity index (χ4v) is 3.38. The maximum atomic E-state index is 12.6. The molecule has 1 aliphatic heterocycles. The maximum Gasteiger partial charge on any atom is 0.221 e. The highest BCUT2D eigenvalue weighted by atomic mass is 16.5. The van der Waals surface area contributed by atoms with Gasteiger partial charge in [0.1, 0.15) is 5.76 Å². The highest BCUT2D eigenvalue weighted by molar-refractivity contribution is 5.77. The van der Waals surface area contributed by atoms with Gasteiger partial charge in [0.05, 0.1) is 17.8 Å². The van der Waals surface area contributed by atoms with Gasteiger partial charge in [0.15, 0.2) is 0 Å². The number of benzene rings is 1. The summed E-state index contributed by atoms with van der Waals surface area (Å²) in [5.41, 5.74) is 0.922. The van der Waals surface area contributed by atoms with Crippen molar-refractivity contribution in [2.24, 2.45) is 0 Å². The second kappa shape index (κ2) is 7.22. The van der Waals surface area contributed by atoms with Crippen molar-refractivity contribution in [3.05, 3.63) is 60.1 Å². The normalized spacial score (nSPS) is 21.2. The molecule has 0 saturated carbocycles. The predicted octanol–water partition coefficient (Wildman–Crippen LogP) is 3.88. The Labute approximate surface area is 143 Å². The number of nitrogens with one attached hydrogen (secondary N) is 1. The average molecular weight is 327 g/mol. The largest absolute Gasteiger partial charge is 0.469 e. The van der Waals surface area contributed by atoms with E-state index in [0.717, 1.165) is 24.2 Å². The van der Waals surface area contributed by atoms with Gasteiger partial charge in [0.25, 0.3) is 0 Å². The van der Waals surface area contributed by atoms with Crippen LogP contribution < -0.4 is 5.32 Å². The molecule has 1 aromatic heterocycles. The molecule has 2 atom stereocenters. The lowest BCUT2D eigenvalue weighted by Gasteiger charge is -2.36.